The summed E-state index contributed by atoms with van der Waals surface area (Å²) in [7, 11) is 0. The first kappa shape index (κ1) is 16.3. The number of carbonyl (C=O) groups is 2. The van der Waals surface area contributed by atoms with Crippen molar-refractivity contribution in [3.63, 3.8) is 0 Å². The summed E-state index contributed by atoms with van der Waals surface area (Å²) in [5, 5.41) is 3.43. The summed E-state index contributed by atoms with van der Waals surface area (Å²) >= 11 is 11.8. The van der Waals surface area contributed by atoms with Crippen LogP contribution in [-0.4, -0.2) is 18.0 Å². The molecule has 0 aliphatic rings. The van der Waals surface area contributed by atoms with Crippen LogP contribution in [-0.2, 0) is 9.53 Å². The lowest BCUT2D eigenvalue weighted by Gasteiger charge is -2.14. The smallest absolute Gasteiger partial charge is 0.338 e. The van der Waals surface area contributed by atoms with Crippen LogP contribution in [0.1, 0.15) is 17.3 Å². The molecular formula is C16H13Cl2NO3. The summed E-state index contributed by atoms with van der Waals surface area (Å²) < 4.78 is 5.11. The van der Waals surface area contributed by atoms with E-state index in [0.29, 0.717) is 15.7 Å². The minimum atomic E-state index is -0.970. The number of carbonyl (C=O) groups excluding carboxylic acids is 2. The van der Waals surface area contributed by atoms with Crippen LogP contribution in [0.3, 0.4) is 0 Å². The molecule has 6 heteroatoms. The number of para-hydroxylation sites is 1. The van der Waals surface area contributed by atoms with Crippen LogP contribution >= 0.6 is 23.2 Å². The molecule has 1 N–H and O–H groups in total. The number of benzene rings is 2. The molecule has 0 fully saturated rings. The van der Waals surface area contributed by atoms with E-state index >= 15 is 0 Å². The number of anilines is 1. The molecule has 0 aliphatic heterocycles. The van der Waals surface area contributed by atoms with Crippen molar-refractivity contribution in [3.05, 3.63) is 64.1 Å². The topological polar surface area (TPSA) is 55.4 Å². The van der Waals surface area contributed by atoms with Gasteiger partial charge in [0, 0.05) is 5.02 Å². The Hall–Kier alpha value is -2.04. The average Bonchev–Trinajstić information content (AvgIpc) is 2.49. The van der Waals surface area contributed by atoms with E-state index in [1.807, 2.05) is 0 Å². The van der Waals surface area contributed by atoms with Crippen molar-refractivity contribution < 1.29 is 14.3 Å². The zero-order chi connectivity index (χ0) is 16.1. The van der Waals surface area contributed by atoms with Gasteiger partial charge in [0.1, 0.15) is 0 Å². The third kappa shape index (κ3) is 4.23. The highest BCUT2D eigenvalue weighted by Crippen LogP contribution is 2.21. The van der Waals surface area contributed by atoms with E-state index in [-0.39, 0.29) is 5.56 Å². The van der Waals surface area contributed by atoms with Gasteiger partial charge in [0.15, 0.2) is 6.10 Å². The zero-order valence-electron chi connectivity index (χ0n) is 11.7. The summed E-state index contributed by atoms with van der Waals surface area (Å²) in [4.78, 5) is 24.0. The maximum atomic E-state index is 12.0. The molecule has 0 saturated carbocycles. The number of hydrogen-bond donors (Lipinski definition) is 1. The molecule has 2 aromatic rings. The molecule has 0 heterocycles. The third-order valence-electron chi connectivity index (χ3n) is 2.85. The maximum absolute atomic E-state index is 12.0. The van der Waals surface area contributed by atoms with Gasteiger partial charge in [-0.15, -0.1) is 0 Å². The predicted molar refractivity (Wildman–Crippen MR) is 86.4 cm³/mol. The molecule has 1 amide bonds. The monoisotopic (exact) mass is 337 g/mol. The van der Waals surface area contributed by atoms with Gasteiger partial charge in [0.05, 0.1) is 16.3 Å². The standard InChI is InChI=1S/C16H13Cl2NO3/c1-10(15(20)19-14-8-3-2-7-13(14)18)22-16(21)11-5-4-6-12(17)9-11/h2-10H,1H3,(H,19,20). The largest absolute Gasteiger partial charge is 0.449 e. The Balaban J connectivity index is 1.99. The Kier molecular flexibility index (Phi) is 5.41. The summed E-state index contributed by atoms with van der Waals surface area (Å²) in [5.41, 5.74) is 0.740. The van der Waals surface area contributed by atoms with Crippen LogP contribution in [0, 0.1) is 0 Å². The highest BCUT2D eigenvalue weighted by Gasteiger charge is 2.19. The number of amides is 1. The van der Waals surface area contributed by atoms with Crippen LogP contribution in [0.15, 0.2) is 48.5 Å². The fourth-order valence-corrected chi connectivity index (χ4v) is 2.07. The fraction of sp³-hybridized carbons (Fsp3) is 0.125. The van der Waals surface area contributed by atoms with Gasteiger partial charge in [-0.05, 0) is 37.3 Å². The first-order valence-electron chi connectivity index (χ1n) is 6.49. The normalized spacial score (nSPS) is 11.6. The van der Waals surface area contributed by atoms with Gasteiger partial charge in [-0.3, -0.25) is 4.79 Å². The molecule has 114 valence electrons. The van der Waals surface area contributed by atoms with E-state index in [1.54, 1.807) is 42.5 Å². The molecule has 2 rings (SSSR count). The SMILES string of the molecule is CC(OC(=O)c1cccc(Cl)c1)C(=O)Nc1ccccc1Cl. The van der Waals surface area contributed by atoms with E-state index in [1.165, 1.54) is 13.0 Å². The summed E-state index contributed by atoms with van der Waals surface area (Å²) in [6.07, 6.45) is -0.970. The third-order valence-corrected chi connectivity index (χ3v) is 3.41. The van der Waals surface area contributed by atoms with Gasteiger partial charge in [-0.2, -0.15) is 0 Å². The first-order valence-corrected chi connectivity index (χ1v) is 7.25. The van der Waals surface area contributed by atoms with Gasteiger partial charge in [0.2, 0.25) is 0 Å². The van der Waals surface area contributed by atoms with Crippen molar-refractivity contribution in [3.8, 4) is 0 Å². The van der Waals surface area contributed by atoms with E-state index in [9.17, 15) is 9.59 Å². The van der Waals surface area contributed by atoms with E-state index in [2.05, 4.69) is 5.32 Å². The lowest BCUT2D eigenvalue weighted by molar-refractivity contribution is -0.123. The molecule has 0 radical (unpaired) electrons. The van der Waals surface area contributed by atoms with Crippen LogP contribution in [0.2, 0.25) is 10.0 Å². The van der Waals surface area contributed by atoms with Crippen LogP contribution in [0.5, 0.6) is 0 Å². The molecule has 0 aliphatic carbocycles. The van der Waals surface area contributed by atoms with Gasteiger partial charge in [-0.25, -0.2) is 4.79 Å². The molecular weight excluding hydrogens is 325 g/mol. The Morgan fingerprint density at radius 3 is 2.50 bits per heavy atom. The van der Waals surface area contributed by atoms with Crippen LogP contribution < -0.4 is 5.32 Å². The minimum absolute atomic E-state index is 0.282. The molecule has 22 heavy (non-hydrogen) atoms. The molecule has 1 atom stereocenters. The van der Waals surface area contributed by atoms with Crippen LogP contribution in [0.25, 0.3) is 0 Å². The van der Waals surface area contributed by atoms with Crippen molar-refractivity contribution in [2.24, 2.45) is 0 Å². The van der Waals surface area contributed by atoms with Crippen LogP contribution in [0.4, 0.5) is 5.69 Å². The second kappa shape index (κ2) is 7.29. The summed E-state index contributed by atoms with van der Waals surface area (Å²) in [5.74, 6) is -1.09. The minimum Gasteiger partial charge on any atom is -0.449 e. The quantitative estimate of drug-likeness (QED) is 0.851. The number of rotatable bonds is 4. The highest BCUT2D eigenvalue weighted by atomic mass is 35.5. The molecule has 0 saturated heterocycles. The molecule has 0 aromatic heterocycles. The van der Waals surface area contributed by atoms with Crippen molar-refractivity contribution >= 4 is 40.8 Å². The Morgan fingerprint density at radius 2 is 1.82 bits per heavy atom. The lowest BCUT2D eigenvalue weighted by atomic mass is 10.2. The Morgan fingerprint density at radius 1 is 1.09 bits per heavy atom. The van der Waals surface area contributed by atoms with Crippen molar-refractivity contribution in [1.29, 1.82) is 0 Å². The number of nitrogens with one attached hydrogen (secondary N) is 1. The average molecular weight is 338 g/mol. The maximum Gasteiger partial charge on any atom is 0.338 e. The lowest BCUT2D eigenvalue weighted by Crippen LogP contribution is -2.30. The number of ether oxygens (including phenoxy) is 1. The molecule has 0 bridgehead atoms. The van der Waals surface area contributed by atoms with Gasteiger partial charge in [-0.1, -0.05) is 41.4 Å². The summed E-state index contributed by atoms with van der Waals surface area (Å²) in [6.45, 7) is 1.48. The number of esters is 1. The molecule has 2 aromatic carbocycles. The van der Waals surface area contributed by atoms with Gasteiger partial charge >= 0.3 is 5.97 Å². The van der Waals surface area contributed by atoms with E-state index in [0.717, 1.165) is 0 Å². The summed E-state index contributed by atoms with van der Waals surface area (Å²) in [6, 6.07) is 13.1. The van der Waals surface area contributed by atoms with Gasteiger partial charge in [0.25, 0.3) is 5.91 Å². The predicted octanol–water partition coefficient (Wildman–Crippen LogP) is 4.18. The van der Waals surface area contributed by atoms with E-state index < -0.39 is 18.0 Å². The number of hydrogen-bond acceptors (Lipinski definition) is 3. The molecule has 1 unspecified atom stereocenters. The Bertz CT molecular complexity index is 703. The zero-order valence-corrected chi connectivity index (χ0v) is 13.2. The number of halogens is 2. The van der Waals surface area contributed by atoms with Crippen molar-refractivity contribution in [2.75, 3.05) is 5.32 Å². The van der Waals surface area contributed by atoms with Crippen molar-refractivity contribution in [1.82, 2.24) is 0 Å². The van der Waals surface area contributed by atoms with Gasteiger partial charge < -0.3 is 10.1 Å². The Labute approximate surface area is 138 Å². The fourth-order valence-electron chi connectivity index (χ4n) is 1.69. The van der Waals surface area contributed by atoms with E-state index in [4.69, 9.17) is 27.9 Å². The second-order valence-corrected chi connectivity index (χ2v) is 5.37. The second-order valence-electron chi connectivity index (χ2n) is 4.53. The molecule has 0 spiro atoms. The molecule has 4 nitrogen and oxygen atoms in total. The highest BCUT2D eigenvalue weighted by molar-refractivity contribution is 6.33. The van der Waals surface area contributed by atoms with Crippen molar-refractivity contribution in [2.45, 2.75) is 13.0 Å². The first-order chi connectivity index (χ1) is 10.5.